The Morgan fingerprint density at radius 3 is 1.81 bits per heavy atom. The largest absolute Gasteiger partial charge is 0.352 e. The predicted molar refractivity (Wildman–Crippen MR) is 70.2 cm³/mol. The van der Waals surface area contributed by atoms with E-state index in [-0.39, 0.29) is 4.70 Å². The van der Waals surface area contributed by atoms with Gasteiger partial charge in [-0.2, -0.15) is 0 Å². The second-order valence-corrected chi connectivity index (χ2v) is 4.55. The average Bonchev–Trinajstić information content (AvgIpc) is 2.92. The molecule has 0 aliphatic carbocycles. The summed E-state index contributed by atoms with van der Waals surface area (Å²) in [5.74, 6) is 0.773. The van der Waals surface area contributed by atoms with E-state index in [2.05, 4.69) is 45.1 Å². The molecule has 1 aromatic rings. The molecule has 2 nitrogen and oxygen atoms in total. The van der Waals surface area contributed by atoms with Gasteiger partial charge in [0.1, 0.15) is 0 Å². The molecule has 1 aromatic carbocycles. The summed E-state index contributed by atoms with van der Waals surface area (Å²) in [5, 5.41) is 3.23. The maximum atomic E-state index is 5.23. The van der Waals surface area contributed by atoms with Gasteiger partial charge in [0.25, 0.3) is 0 Å². The van der Waals surface area contributed by atoms with Crippen molar-refractivity contribution in [3.05, 3.63) is 23.3 Å². The van der Waals surface area contributed by atoms with Crippen LogP contribution in [-0.2, 0) is 0 Å². The molecule has 0 radical (unpaired) electrons. The molecule has 92 valence electrons. The fourth-order valence-corrected chi connectivity index (χ4v) is 1.44. The van der Waals surface area contributed by atoms with Crippen LogP contribution in [0.25, 0.3) is 0 Å². The summed E-state index contributed by atoms with van der Waals surface area (Å²) in [6, 6.07) is 4.29. The lowest BCUT2D eigenvalue weighted by Crippen LogP contribution is -2.01. The molecule has 0 amide bonds. The molecule has 0 saturated carbocycles. The highest BCUT2D eigenvalue weighted by Gasteiger charge is 2.19. The number of hydrogen-bond donors (Lipinski definition) is 2. The Bertz CT molecular complexity index is 308. The van der Waals surface area contributed by atoms with Crippen molar-refractivity contribution >= 4 is 11.4 Å². The zero-order chi connectivity index (χ0) is 11.4. The fourth-order valence-electron chi connectivity index (χ4n) is 1.44. The molecule has 1 aliphatic rings. The molecular weight excluding hydrogens is 203 g/mol. The number of benzene rings is 1. The summed E-state index contributed by atoms with van der Waals surface area (Å²) >= 11 is 0. The summed E-state index contributed by atoms with van der Waals surface area (Å²) in [7, 11) is 0. The molecule has 16 heavy (non-hydrogen) atoms. The van der Waals surface area contributed by atoms with Gasteiger partial charge in [0.2, 0.25) is 0 Å². The van der Waals surface area contributed by atoms with E-state index >= 15 is 0 Å². The highest BCUT2D eigenvalue weighted by Crippen LogP contribution is 2.43. The number of hydrogen-bond acceptors (Lipinski definition) is 2. The van der Waals surface area contributed by atoms with Crippen molar-refractivity contribution in [2.24, 2.45) is 11.7 Å². The summed E-state index contributed by atoms with van der Waals surface area (Å²) in [6.45, 7) is 9.42. The number of nitrogens with one attached hydrogen (secondary N) is 1. The van der Waals surface area contributed by atoms with Gasteiger partial charge in [-0.05, 0) is 43.9 Å². The third-order valence-corrected chi connectivity index (χ3v) is 2.55. The van der Waals surface area contributed by atoms with Gasteiger partial charge in [-0.15, -0.1) is 0 Å². The van der Waals surface area contributed by atoms with E-state index < -0.39 is 0 Å². The lowest BCUT2D eigenvalue weighted by Gasteiger charge is -1.96. The van der Waals surface area contributed by atoms with Crippen molar-refractivity contribution < 1.29 is 4.70 Å². The number of aryl methyl sites for hydroxylation is 2. The van der Waals surface area contributed by atoms with Crippen molar-refractivity contribution in [3.8, 4) is 0 Å². The van der Waals surface area contributed by atoms with Gasteiger partial charge in [-0.1, -0.05) is 26.0 Å². The second-order valence-electron chi connectivity index (χ2n) is 4.55. The Balaban J connectivity index is 0.000000289. The van der Waals surface area contributed by atoms with Gasteiger partial charge in [0.15, 0.2) is 0 Å². The first-order valence-electron chi connectivity index (χ1n) is 5.63. The SMILES string of the molecule is CC(C)CCN.Cc1ccc(C)c2c1N2.F. The molecule has 3 heteroatoms. The number of fused-ring (bicyclic) bond motifs is 1. The van der Waals surface area contributed by atoms with Gasteiger partial charge in [-0.3, -0.25) is 4.70 Å². The highest BCUT2D eigenvalue weighted by molar-refractivity contribution is 5.94. The standard InChI is InChI=1S/C8H9N.C5H13N.FH/c1-5-3-4-6(2)8-7(5)9-8;1-5(2)3-4-6;/h3-4,9H,1-2H3;5H,3-4,6H2,1-2H3;1H. The Kier molecular flexibility index (Phi) is 6.04. The Hall–Kier alpha value is -1.09. The first kappa shape index (κ1) is 14.9. The number of rotatable bonds is 2. The van der Waals surface area contributed by atoms with Crippen molar-refractivity contribution in [1.29, 1.82) is 0 Å². The first-order valence-corrected chi connectivity index (χ1v) is 5.63. The molecule has 0 spiro atoms. The minimum atomic E-state index is 0. The van der Waals surface area contributed by atoms with E-state index in [4.69, 9.17) is 5.73 Å². The summed E-state index contributed by atoms with van der Waals surface area (Å²) < 4.78 is 0. The van der Waals surface area contributed by atoms with Crippen molar-refractivity contribution in [1.82, 2.24) is 0 Å². The lowest BCUT2D eigenvalue weighted by atomic mass is 10.1. The minimum absolute atomic E-state index is 0. The first-order chi connectivity index (χ1) is 7.06. The zero-order valence-electron chi connectivity index (χ0n) is 10.6. The third-order valence-electron chi connectivity index (χ3n) is 2.55. The number of anilines is 2. The molecule has 0 saturated heterocycles. The van der Waals surface area contributed by atoms with E-state index in [1.165, 1.54) is 22.5 Å². The van der Waals surface area contributed by atoms with Crippen LogP contribution in [0.15, 0.2) is 12.1 Å². The summed E-state index contributed by atoms with van der Waals surface area (Å²) in [6.07, 6.45) is 1.15. The van der Waals surface area contributed by atoms with Gasteiger partial charge >= 0.3 is 0 Å². The van der Waals surface area contributed by atoms with Crippen molar-refractivity contribution in [3.63, 3.8) is 0 Å². The van der Waals surface area contributed by atoms with E-state index in [0.717, 1.165) is 18.9 Å². The van der Waals surface area contributed by atoms with E-state index in [1.54, 1.807) is 0 Å². The van der Waals surface area contributed by atoms with E-state index in [1.807, 2.05) is 0 Å². The molecule has 0 bridgehead atoms. The van der Waals surface area contributed by atoms with E-state index in [0.29, 0.717) is 0 Å². The third kappa shape index (κ3) is 4.19. The Morgan fingerprint density at radius 1 is 1.12 bits per heavy atom. The summed E-state index contributed by atoms with van der Waals surface area (Å²) in [5.41, 5.74) is 10.6. The van der Waals surface area contributed by atoms with Crippen molar-refractivity contribution in [2.45, 2.75) is 34.1 Å². The lowest BCUT2D eigenvalue weighted by molar-refractivity contribution is 0.596. The van der Waals surface area contributed by atoms with Crippen LogP contribution in [-0.4, -0.2) is 6.54 Å². The maximum Gasteiger partial charge on any atom is 0.0656 e. The minimum Gasteiger partial charge on any atom is -0.352 e. The number of halogens is 1. The van der Waals surface area contributed by atoms with Gasteiger partial charge in [0.05, 0.1) is 11.4 Å². The Labute approximate surface area is 97.6 Å². The number of nitrogens with two attached hydrogens (primary N) is 1. The van der Waals surface area contributed by atoms with Crippen LogP contribution in [0.3, 0.4) is 0 Å². The van der Waals surface area contributed by atoms with Crippen LogP contribution < -0.4 is 11.1 Å². The van der Waals surface area contributed by atoms with Crippen molar-refractivity contribution in [2.75, 3.05) is 11.9 Å². The molecule has 0 unspecified atom stereocenters. The van der Waals surface area contributed by atoms with Crippen LogP contribution in [0.4, 0.5) is 16.1 Å². The van der Waals surface area contributed by atoms with Gasteiger partial charge in [0, 0.05) is 0 Å². The predicted octanol–water partition coefficient (Wildman–Crippen LogP) is 3.50. The quantitative estimate of drug-likeness (QED) is 0.770. The van der Waals surface area contributed by atoms with Crippen LogP contribution in [0, 0.1) is 19.8 Å². The molecular formula is C13H23FN2. The highest BCUT2D eigenvalue weighted by atomic mass is 19.0. The summed E-state index contributed by atoms with van der Waals surface area (Å²) in [4.78, 5) is 0. The normalized spacial score (nSPS) is 10.6. The monoisotopic (exact) mass is 226 g/mol. The average molecular weight is 226 g/mol. The fraction of sp³-hybridized carbons (Fsp3) is 0.538. The molecule has 1 aliphatic heterocycles. The zero-order valence-corrected chi connectivity index (χ0v) is 10.6. The van der Waals surface area contributed by atoms with Crippen LogP contribution in [0.1, 0.15) is 31.4 Å². The molecule has 0 atom stereocenters. The van der Waals surface area contributed by atoms with E-state index in [9.17, 15) is 0 Å². The molecule has 0 fully saturated rings. The smallest absolute Gasteiger partial charge is 0.0656 e. The maximum absolute atomic E-state index is 5.23. The Morgan fingerprint density at radius 2 is 1.56 bits per heavy atom. The molecule has 1 heterocycles. The molecule has 2 rings (SSSR count). The van der Waals surface area contributed by atoms with Crippen LogP contribution in [0.2, 0.25) is 0 Å². The van der Waals surface area contributed by atoms with Gasteiger partial charge < -0.3 is 11.1 Å². The topological polar surface area (TPSA) is 48.0 Å². The second kappa shape index (κ2) is 6.48. The molecule has 0 aromatic heterocycles. The van der Waals surface area contributed by atoms with Gasteiger partial charge in [-0.25, -0.2) is 0 Å². The van der Waals surface area contributed by atoms with Crippen LogP contribution >= 0.6 is 0 Å². The van der Waals surface area contributed by atoms with Crippen LogP contribution in [0.5, 0.6) is 0 Å². The molecule has 3 N–H and O–H groups in total.